The SMILES string of the molecule is CC1=[N+]([O-])C(C)(P2(=O)OCC(C)(C)CO2)CC1. The van der Waals surface area contributed by atoms with E-state index >= 15 is 0 Å². The van der Waals surface area contributed by atoms with Crippen LogP contribution < -0.4 is 0 Å². The van der Waals surface area contributed by atoms with Gasteiger partial charge in [0, 0.05) is 32.1 Å². The molecule has 2 rings (SSSR count). The van der Waals surface area contributed by atoms with Gasteiger partial charge in [-0.3, -0.25) is 4.57 Å². The summed E-state index contributed by atoms with van der Waals surface area (Å²) in [6.45, 7) is 8.15. The molecule has 1 fully saturated rings. The standard InChI is InChI=1S/C11H20NO4P/c1-9-5-6-11(4,12(9)13)17(14)15-7-10(2,3)8-16-17/h5-8H2,1-4H3. The van der Waals surface area contributed by atoms with E-state index in [4.69, 9.17) is 9.05 Å². The molecule has 0 saturated carbocycles. The number of hydrogen-bond acceptors (Lipinski definition) is 4. The summed E-state index contributed by atoms with van der Waals surface area (Å²) in [6.07, 6.45) is 1.18. The van der Waals surface area contributed by atoms with Crippen LogP contribution in [0.5, 0.6) is 0 Å². The Morgan fingerprint density at radius 2 is 1.82 bits per heavy atom. The minimum absolute atomic E-state index is 0.144. The lowest BCUT2D eigenvalue weighted by molar-refractivity contribution is -0.511. The smallest absolute Gasteiger partial charge is 0.401 e. The molecular formula is C11H20NO4P. The Kier molecular flexibility index (Phi) is 2.92. The molecule has 1 unspecified atom stereocenters. The number of rotatable bonds is 1. The summed E-state index contributed by atoms with van der Waals surface area (Å²) >= 11 is 0. The van der Waals surface area contributed by atoms with Gasteiger partial charge in [0.25, 0.3) is 5.28 Å². The van der Waals surface area contributed by atoms with Crippen LogP contribution in [0.1, 0.15) is 40.5 Å². The molecule has 1 saturated heterocycles. The van der Waals surface area contributed by atoms with E-state index in [1.807, 2.05) is 13.8 Å². The Bertz CT molecular complexity index is 404. The molecule has 5 nitrogen and oxygen atoms in total. The highest BCUT2D eigenvalue weighted by molar-refractivity contribution is 7.55. The molecule has 98 valence electrons. The van der Waals surface area contributed by atoms with Crippen molar-refractivity contribution in [3.63, 3.8) is 0 Å². The van der Waals surface area contributed by atoms with Crippen molar-refractivity contribution in [1.82, 2.24) is 0 Å². The van der Waals surface area contributed by atoms with Crippen LogP contribution >= 0.6 is 7.60 Å². The average molecular weight is 261 g/mol. The molecule has 0 bridgehead atoms. The Labute approximate surface area is 102 Å². The van der Waals surface area contributed by atoms with Crippen LogP contribution in [0.15, 0.2) is 0 Å². The molecule has 0 aromatic heterocycles. The van der Waals surface area contributed by atoms with E-state index in [1.165, 1.54) is 0 Å². The molecule has 17 heavy (non-hydrogen) atoms. The normalized spacial score (nSPS) is 36.2. The van der Waals surface area contributed by atoms with Crippen LogP contribution in [-0.4, -0.2) is 28.9 Å². The van der Waals surface area contributed by atoms with Crippen molar-refractivity contribution >= 4 is 13.3 Å². The van der Waals surface area contributed by atoms with Gasteiger partial charge in [0.05, 0.1) is 13.2 Å². The van der Waals surface area contributed by atoms with Crippen molar-refractivity contribution in [2.24, 2.45) is 5.41 Å². The average Bonchev–Trinajstić information content (AvgIpc) is 2.53. The van der Waals surface area contributed by atoms with Gasteiger partial charge in [0.1, 0.15) is 0 Å². The molecule has 6 heteroatoms. The predicted octanol–water partition coefficient (Wildman–Crippen LogP) is 2.73. The number of nitrogens with zero attached hydrogens (tertiary/aromatic N) is 1. The maximum atomic E-state index is 12.7. The van der Waals surface area contributed by atoms with Crippen LogP contribution in [0.4, 0.5) is 0 Å². The summed E-state index contributed by atoms with van der Waals surface area (Å²) in [7, 11) is -3.35. The van der Waals surface area contributed by atoms with E-state index in [9.17, 15) is 9.77 Å². The quantitative estimate of drug-likeness (QED) is 0.413. The molecule has 0 aromatic rings. The first-order valence-electron chi connectivity index (χ1n) is 5.89. The van der Waals surface area contributed by atoms with E-state index < -0.39 is 12.9 Å². The van der Waals surface area contributed by atoms with Crippen LogP contribution in [-0.2, 0) is 13.6 Å². The summed E-state index contributed by atoms with van der Waals surface area (Å²) in [5.41, 5.74) is 0.551. The zero-order chi connectivity index (χ0) is 12.9. The molecule has 2 heterocycles. The fraction of sp³-hybridized carbons (Fsp3) is 0.909. The van der Waals surface area contributed by atoms with Gasteiger partial charge >= 0.3 is 7.60 Å². The van der Waals surface area contributed by atoms with Crippen molar-refractivity contribution in [2.75, 3.05) is 13.2 Å². The fourth-order valence-electron chi connectivity index (χ4n) is 2.16. The number of hydrogen-bond donors (Lipinski definition) is 0. The summed E-state index contributed by atoms with van der Waals surface area (Å²) < 4.78 is 24.5. The molecule has 2 aliphatic heterocycles. The van der Waals surface area contributed by atoms with Gasteiger partial charge in [-0.1, -0.05) is 13.8 Å². The van der Waals surface area contributed by atoms with Crippen molar-refractivity contribution in [3.8, 4) is 0 Å². The van der Waals surface area contributed by atoms with Crippen molar-refractivity contribution in [1.29, 1.82) is 0 Å². The third kappa shape index (κ3) is 1.94. The third-order valence-corrected chi connectivity index (χ3v) is 6.11. The van der Waals surface area contributed by atoms with Crippen molar-refractivity contribution in [2.45, 2.75) is 45.8 Å². The van der Waals surface area contributed by atoms with E-state index in [0.717, 1.165) is 4.74 Å². The summed E-state index contributed by atoms with van der Waals surface area (Å²) in [4.78, 5) is 0. The third-order valence-electron chi connectivity index (χ3n) is 3.59. The monoisotopic (exact) mass is 261 g/mol. The molecule has 2 aliphatic rings. The van der Waals surface area contributed by atoms with Crippen molar-refractivity contribution in [3.05, 3.63) is 5.21 Å². The lowest BCUT2D eigenvalue weighted by Gasteiger charge is -2.39. The highest BCUT2D eigenvalue weighted by atomic mass is 31.2. The largest absolute Gasteiger partial charge is 0.623 e. The molecular weight excluding hydrogens is 241 g/mol. The molecule has 1 atom stereocenters. The van der Waals surface area contributed by atoms with E-state index in [0.29, 0.717) is 31.8 Å². The molecule has 0 amide bonds. The first kappa shape index (κ1) is 13.1. The van der Waals surface area contributed by atoms with Gasteiger partial charge in [-0.2, -0.15) is 4.74 Å². The summed E-state index contributed by atoms with van der Waals surface area (Å²) in [5, 5.41) is 11.0. The van der Waals surface area contributed by atoms with Gasteiger partial charge in [0.15, 0.2) is 5.71 Å². The minimum atomic E-state index is -3.35. The van der Waals surface area contributed by atoms with Crippen LogP contribution in [0.25, 0.3) is 0 Å². The Balaban J connectivity index is 2.27. The Hall–Kier alpha value is -0.380. The van der Waals surface area contributed by atoms with Gasteiger partial charge in [-0.15, -0.1) is 0 Å². The van der Waals surface area contributed by atoms with Gasteiger partial charge < -0.3 is 14.3 Å². The molecule has 0 aliphatic carbocycles. The molecule has 0 N–H and O–H groups in total. The maximum Gasteiger partial charge on any atom is 0.401 e. The van der Waals surface area contributed by atoms with E-state index in [2.05, 4.69) is 0 Å². The summed E-state index contributed by atoms with van der Waals surface area (Å²) in [5.74, 6) is 0. The second kappa shape index (κ2) is 3.81. The fourth-order valence-corrected chi connectivity index (χ4v) is 4.61. The predicted molar refractivity (Wildman–Crippen MR) is 65.2 cm³/mol. The Morgan fingerprint density at radius 1 is 1.29 bits per heavy atom. The zero-order valence-corrected chi connectivity index (χ0v) is 11.8. The van der Waals surface area contributed by atoms with Gasteiger partial charge in [-0.25, -0.2) is 0 Å². The van der Waals surface area contributed by atoms with E-state index in [1.54, 1.807) is 13.8 Å². The highest BCUT2D eigenvalue weighted by Gasteiger charge is 2.60. The molecule has 0 radical (unpaired) electrons. The summed E-state index contributed by atoms with van der Waals surface area (Å²) in [6, 6.07) is 0. The van der Waals surface area contributed by atoms with Crippen LogP contribution in [0, 0.1) is 10.6 Å². The topological polar surface area (TPSA) is 61.6 Å². The minimum Gasteiger partial charge on any atom is -0.623 e. The van der Waals surface area contributed by atoms with E-state index in [-0.39, 0.29) is 5.41 Å². The first-order valence-corrected chi connectivity index (χ1v) is 7.44. The zero-order valence-electron chi connectivity index (χ0n) is 10.9. The van der Waals surface area contributed by atoms with Gasteiger partial charge in [0.2, 0.25) is 0 Å². The van der Waals surface area contributed by atoms with Crippen molar-refractivity contribution < 1.29 is 18.4 Å². The first-order chi connectivity index (χ1) is 7.70. The lowest BCUT2D eigenvalue weighted by atomic mass is 9.97. The molecule has 0 aromatic carbocycles. The Morgan fingerprint density at radius 3 is 2.24 bits per heavy atom. The van der Waals surface area contributed by atoms with Crippen LogP contribution in [0.3, 0.4) is 0 Å². The maximum absolute atomic E-state index is 12.7. The van der Waals surface area contributed by atoms with Crippen LogP contribution in [0.2, 0.25) is 0 Å². The van der Waals surface area contributed by atoms with Gasteiger partial charge in [-0.05, 0) is 0 Å². The second-order valence-electron chi connectivity index (χ2n) is 5.96. The second-order valence-corrected chi connectivity index (χ2v) is 8.43. The lowest BCUT2D eigenvalue weighted by Crippen LogP contribution is -2.40. The molecule has 0 spiro atoms. The number of hydroxylamine groups is 1. The highest BCUT2D eigenvalue weighted by Crippen LogP contribution is 2.66.